The Morgan fingerprint density at radius 2 is 1.08 bits per heavy atom. The number of nitrogens with one attached hydrogen (secondary N) is 1. The number of hydrogen-bond acceptors (Lipinski definition) is 9. The lowest BCUT2D eigenvalue weighted by Gasteiger charge is -2.40. The average molecular weight is 1030 g/mol. The number of carbonyl (C=O) groups is 3. The normalized spacial score (nSPS) is 18.0. The van der Waals surface area contributed by atoms with E-state index in [0.29, 0.717) is 47.4 Å². The topological polar surface area (TPSA) is 108 Å². The molecular weight excluding hydrogens is 967 g/mol. The third kappa shape index (κ3) is 12.1. The number of halogens is 4. The van der Waals surface area contributed by atoms with Gasteiger partial charge in [-0.25, -0.2) is 4.79 Å². The van der Waals surface area contributed by atoms with Crippen LogP contribution >= 0.6 is 55.1 Å². The van der Waals surface area contributed by atoms with E-state index in [0.717, 1.165) is 79.9 Å². The van der Waals surface area contributed by atoms with Crippen molar-refractivity contribution in [2.45, 2.75) is 82.0 Å². The summed E-state index contributed by atoms with van der Waals surface area (Å²) in [4.78, 5) is 53.6. The second kappa shape index (κ2) is 22.4. The quantitative estimate of drug-likeness (QED) is 0.214. The van der Waals surface area contributed by atoms with Crippen LogP contribution in [0.15, 0.2) is 69.9 Å². The molecule has 0 spiro atoms. The second-order valence-electron chi connectivity index (χ2n) is 16.0. The van der Waals surface area contributed by atoms with Crippen LogP contribution in [0.3, 0.4) is 0 Å². The number of carbonyl (C=O) groups excluding carboxylic acids is 3. The first kappa shape index (κ1) is 53.6. The number of amides is 1. The van der Waals surface area contributed by atoms with E-state index in [9.17, 15) is 14.4 Å². The molecular formula is C49H62Br2Cl2N6O4. The third-order valence-electron chi connectivity index (χ3n) is 10.8. The van der Waals surface area contributed by atoms with Gasteiger partial charge in [-0.05, 0) is 148 Å². The molecule has 1 amide bonds. The predicted octanol–water partition coefficient (Wildman–Crippen LogP) is 12.1. The van der Waals surface area contributed by atoms with Gasteiger partial charge in [-0.2, -0.15) is 0 Å². The molecule has 4 aromatic rings. The van der Waals surface area contributed by atoms with Gasteiger partial charge in [-0.3, -0.25) is 29.4 Å². The minimum atomic E-state index is -0.529. The molecule has 1 N–H and O–H groups in total. The zero-order valence-electron chi connectivity index (χ0n) is 33.6. The van der Waals surface area contributed by atoms with E-state index in [1.54, 1.807) is 24.9 Å². The summed E-state index contributed by atoms with van der Waals surface area (Å²) < 4.78 is 7.29. The number of nitrogens with zero attached hydrogens (tertiary/aromatic N) is 5. The molecule has 2 aromatic heterocycles. The first-order chi connectivity index (χ1) is 28.1. The van der Waals surface area contributed by atoms with Crippen LogP contribution in [0.5, 0.6) is 0 Å². The van der Waals surface area contributed by atoms with Crippen molar-refractivity contribution in [2.75, 3.05) is 52.4 Å². The minimum absolute atomic E-state index is 0. The van der Waals surface area contributed by atoms with Gasteiger partial charge in [0.1, 0.15) is 5.60 Å². The summed E-state index contributed by atoms with van der Waals surface area (Å²) in [5, 5.41) is 4.62. The van der Waals surface area contributed by atoms with Crippen LogP contribution in [0.4, 0.5) is 4.79 Å². The molecule has 8 rings (SSSR count). The highest BCUT2D eigenvalue weighted by Gasteiger charge is 2.36. The highest BCUT2D eigenvalue weighted by Crippen LogP contribution is 2.43. The number of Topliss-reactive ketones (excluding diaryl/α,β-unsaturated/α-hetero) is 2. The van der Waals surface area contributed by atoms with E-state index < -0.39 is 5.60 Å². The zero-order valence-corrected chi connectivity index (χ0v) is 38.3. The molecule has 0 saturated carbocycles. The molecule has 2 saturated heterocycles. The molecule has 63 heavy (non-hydrogen) atoms. The third-order valence-corrected chi connectivity index (χ3v) is 12.1. The maximum atomic E-state index is 12.6. The van der Waals surface area contributed by atoms with Crippen molar-refractivity contribution in [1.29, 1.82) is 0 Å². The molecule has 0 radical (unpaired) electrons. The maximum absolute atomic E-state index is 12.6. The highest BCUT2D eigenvalue weighted by molar-refractivity contribution is 9.10. The molecule has 4 aliphatic rings. The Bertz CT molecular complexity index is 2370. The summed E-state index contributed by atoms with van der Waals surface area (Å²) in [6.45, 7) is 14.9. The monoisotopic (exact) mass is 1030 g/mol. The Hall–Kier alpha value is -3.75. The minimum Gasteiger partial charge on any atom is -0.444 e. The van der Waals surface area contributed by atoms with Gasteiger partial charge >= 0.3 is 6.09 Å². The highest BCUT2D eigenvalue weighted by atomic mass is 79.9. The SMILES string of the molecule is C.C.C.C.CC(=O)C1=Cc2cc(Br)cnc2[C@@H](N2CCN(C(=O)OC(C)(C)C)CC2)c2ccc(Cl)cc21.CC(=O)C1=Cc2cc(Br)cnc2[C@@H](N2CCNCC2)c2ccc(Cl)cc21. The summed E-state index contributed by atoms with van der Waals surface area (Å²) in [6.07, 6.45) is 7.17. The van der Waals surface area contributed by atoms with E-state index in [1.165, 1.54) is 0 Å². The number of aromatic nitrogens is 2. The van der Waals surface area contributed by atoms with Gasteiger partial charge in [0, 0.05) is 94.9 Å². The zero-order chi connectivity index (χ0) is 42.2. The molecule has 340 valence electrons. The molecule has 4 heterocycles. The summed E-state index contributed by atoms with van der Waals surface area (Å²) >= 11 is 19.7. The molecule has 2 aliphatic heterocycles. The van der Waals surface area contributed by atoms with Crippen LogP contribution in [-0.4, -0.2) is 100 Å². The van der Waals surface area contributed by atoms with Gasteiger partial charge in [-0.15, -0.1) is 0 Å². The van der Waals surface area contributed by atoms with Crippen molar-refractivity contribution < 1.29 is 19.1 Å². The van der Waals surface area contributed by atoms with Gasteiger partial charge < -0.3 is 15.0 Å². The van der Waals surface area contributed by atoms with Gasteiger partial charge in [0.05, 0.1) is 23.5 Å². The van der Waals surface area contributed by atoms with Crippen LogP contribution in [0.2, 0.25) is 10.0 Å². The van der Waals surface area contributed by atoms with Crippen LogP contribution in [0.25, 0.3) is 23.3 Å². The van der Waals surface area contributed by atoms with Crippen molar-refractivity contribution in [3.05, 3.63) is 125 Å². The Labute approximate surface area is 401 Å². The smallest absolute Gasteiger partial charge is 0.410 e. The molecule has 10 nitrogen and oxygen atoms in total. The number of ether oxygens (including phenoxy) is 1. The van der Waals surface area contributed by atoms with Crippen molar-refractivity contribution in [3.8, 4) is 0 Å². The van der Waals surface area contributed by atoms with Gasteiger partial charge in [0.25, 0.3) is 0 Å². The summed E-state index contributed by atoms with van der Waals surface area (Å²) in [7, 11) is 0. The fourth-order valence-corrected chi connectivity index (χ4v) is 9.17. The van der Waals surface area contributed by atoms with Gasteiger partial charge in [0.2, 0.25) is 0 Å². The lowest BCUT2D eigenvalue weighted by atomic mass is 9.92. The summed E-state index contributed by atoms with van der Waals surface area (Å²) in [5.41, 5.74) is 8.29. The Kier molecular flexibility index (Phi) is 19.1. The lowest BCUT2D eigenvalue weighted by molar-refractivity contribution is -0.112. The Morgan fingerprint density at radius 3 is 1.48 bits per heavy atom. The van der Waals surface area contributed by atoms with Crippen LogP contribution < -0.4 is 5.32 Å². The standard InChI is InChI=1S/C25H27BrClN3O3.C20H19BrClN3O.4CH4/c1-15(31)20-12-16-11-17(26)14-28-22(16)23(19-6-5-18(27)13-21(19)20)29-7-9-30(10-8-29)24(32)33-25(2,3)4;1-12(26)17-9-13-8-14(21)11-24-19(13)20(25-6-4-23-5-7-25)16-3-2-15(22)10-18(16)17;;;;/h5-6,11-14,23H,7-10H2,1-4H3;2-3,8-11,20,23H,4-7H2,1H3;4*1H4/t23-;20-;;;;/m00..../s1. The molecule has 2 aromatic carbocycles. The van der Waals surface area contributed by atoms with Crippen LogP contribution in [0, 0.1) is 0 Å². The molecule has 2 fully saturated rings. The van der Waals surface area contributed by atoms with Crippen molar-refractivity contribution >= 4 is 96.0 Å². The number of piperazine rings is 2. The first-order valence-corrected chi connectivity index (χ1v) is 21.9. The lowest BCUT2D eigenvalue weighted by Crippen LogP contribution is -2.51. The maximum Gasteiger partial charge on any atom is 0.410 e. The first-order valence-electron chi connectivity index (χ1n) is 19.6. The van der Waals surface area contributed by atoms with E-state index >= 15 is 0 Å². The Balaban J connectivity index is 0.000000322. The van der Waals surface area contributed by atoms with Crippen LogP contribution in [0.1, 0.15) is 121 Å². The molecule has 2 aliphatic carbocycles. The number of benzene rings is 2. The number of rotatable bonds is 4. The van der Waals surface area contributed by atoms with Crippen molar-refractivity contribution in [2.24, 2.45) is 0 Å². The second-order valence-corrected chi connectivity index (χ2v) is 18.7. The van der Waals surface area contributed by atoms with E-state index in [2.05, 4.69) is 47.0 Å². The van der Waals surface area contributed by atoms with E-state index in [-0.39, 0.29) is 59.5 Å². The molecule has 0 unspecified atom stereocenters. The molecule has 2 atom stereocenters. The molecule has 0 bridgehead atoms. The van der Waals surface area contributed by atoms with Crippen molar-refractivity contribution in [3.63, 3.8) is 0 Å². The fourth-order valence-electron chi connectivity index (χ4n) is 8.13. The number of ketones is 2. The molecule has 14 heteroatoms. The van der Waals surface area contributed by atoms with Crippen LogP contribution in [-0.2, 0) is 14.3 Å². The number of fused-ring (bicyclic) bond motifs is 4. The summed E-state index contributed by atoms with van der Waals surface area (Å²) in [5.74, 6) is 0.000222. The Morgan fingerprint density at radius 1 is 0.667 bits per heavy atom. The van der Waals surface area contributed by atoms with Gasteiger partial charge in [-0.1, -0.05) is 65.0 Å². The van der Waals surface area contributed by atoms with E-state index in [1.807, 2.05) is 87.7 Å². The fraction of sp³-hybridized carbons (Fsp3) is 0.408. The number of pyridine rings is 2. The largest absolute Gasteiger partial charge is 0.444 e. The van der Waals surface area contributed by atoms with Crippen molar-refractivity contribution in [1.82, 2.24) is 30.0 Å². The van der Waals surface area contributed by atoms with E-state index in [4.69, 9.17) is 37.9 Å². The predicted molar refractivity (Wildman–Crippen MR) is 268 cm³/mol. The van der Waals surface area contributed by atoms with Gasteiger partial charge in [0.15, 0.2) is 11.6 Å². The number of hydrogen-bond donors (Lipinski definition) is 1. The number of allylic oxidation sites excluding steroid dienone is 2. The average Bonchev–Trinajstić information content (AvgIpc) is 3.41. The summed E-state index contributed by atoms with van der Waals surface area (Å²) in [6, 6.07) is 15.4.